The van der Waals surface area contributed by atoms with Gasteiger partial charge in [0.2, 0.25) is 0 Å². The Morgan fingerprint density at radius 3 is 2.62 bits per heavy atom. The molecular formula is C26H41N3O3. The van der Waals surface area contributed by atoms with Crippen LogP contribution in [0.1, 0.15) is 83.6 Å². The molecule has 1 aromatic heterocycles. The molecule has 4 aliphatic carbocycles. The molecule has 4 fully saturated rings. The molecule has 6 nitrogen and oxygen atoms in total. The number of aliphatic hydroxyl groups is 2. The van der Waals surface area contributed by atoms with Crippen LogP contribution in [0.15, 0.2) is 18.5 Å². The summed E-state index contributed by atoms with van der Waals surface area (Å²) < 4.78 is 6.16. The fourth-order valence-electron chi connectivity index (χ4n) is 8.69. The summed E-state index contributed by atoms with van der Waals surface area (Å²) in [6.07, 6.45) is 13.5. The molecule has 5 rings (SSSR count). The standard InChI is InChI=1S/C26H41N3O3/c1-23-9-6-20(32-15-3-13-27)16-18(23)4-5-22-21(23)7-10-24(2)25(30,11-12-26(22,24)31)19-8-14-28-29-17-19/h8,14,17-18,20-22,30-31H,3-7,9-13,15-16,27H2,1-2H3/t18-,20+,21+,22-,23+,24-,25+,26+/m1/s1. The van der Waals surface area contributed by atoms with Gasteiger partial charge in [-0.1, -0.05) is 13.8 Å². The van der Waals surface area contributed by atoms with Gasteiger partial charge in [-0.05, 0) is 100.0 Å². The maximum atomic E-state index is 12.3. The van der Waals surface area contributed by atoms with Crippen LogP contribution in [0.2, 0.25) is 0 Å². The van der Waals surface area contributed by atoms with E-state index in [-0.39, 0.29) is 11.3 Å². The minimum Gasteiger partial charge on any atom is -0.389 e. The van der Waals surface area contributed by atoms with Gasteiger partial charge >= 0.3 is 0 Å². The van der Waals surface area contributed by atoms with E-state index >= 15 is 0 Å². The van der Waals surface area contributed by atoms with Crippen molar-refractivity contribution in [1.29, 1.82) is 0 Å². The molecule has 6 heteroatoms. The molecule has 1 heterocycles. The van der Waals surface area contributed by atoms with E-state index in [1.54, 1.807) is 12.4 Å². The van der Waals surface area contributed by atoms with Crippen LogP contribution in [0.5, 0.6) is 0 Å². The number of fused-ring (bicyclic) bond motifs is 5. The summed E-state index contributed by atoms with van der Waals surface area (Å²) in [6, 6.07) is 1.88. The molecule has 178 valence electrons. The van der Waals surface area contributed by atoms with Gasteiger partial charge in [0.05, 0.1) is 23.5 Å². The van der Waals surface area contributed by atoms with E-state index in [0.29, 0.717) is 37.3 Å². The normalized spacial score (nSPS) is 48.0. The molecule has 0 bridgehead atoms. The van der Waals surface area contributed by atoms with Gasteiger partial charge in [-0.3, -0.25) is 0 Å². The number of nitrogens with two attached hydrogens (primary N) is 1. The molecule has 32 heavy (non-hydrogen) atoms. The van der Waals surface area contributed by atoms with Crippen LogP contribution in [0.3, 0.4) is 0 Å². The van der Waals surface area contributed by atoms with Crippen molar-refractivity contribution in [2.24, 2.45) is 34.3 Å². The molecule has 4 N–H and O–H groups in total. The Labute approximate surface area is 192 Å². The molecule has 1 aromatic rings. The number of nitrogens with zero attached hydrogens (tertiary/aromatic N) is 2. The van der Waals surface area contributed by atoms with E-state index in [1.807, 2.05) is 6.07 Å². The van der Waals surface area contributed by atoms with Crippen LogP contribution in [0, 0.1) is 28.6 Å². The predicted octanol–water partition coefficient (Wildman–Crippen LogP) is 3.56. The molecule has 0 aliphatic heterocycles. The van der Waals surface area contributed by atoms with E-state index in [1.165, 1.54) is 6.42 Å². The zero-order valence-electron chi connectivity index (χ0n) is 19.8. The molecule has 4 aliphatic rings. The molecule has 0 radical (unpaired) electrons. The summed E-state index contributed by atoms with van der Waals surface area (Å²) in [5, 5.41) is 32.2. The zero-order chi connectivity index (χ0) is 22.6. The van der Waals surface area contributed by atoms with Gasteiger partial charge in [-0.2, -0.15) is 10.2 Å². The van der Waals surface area contributed by atoms with Gasteiger partial charge in [0.15, 0.2) is 0 Å². The number of rotatable bonds is 5. The Hall–Kier alpha value is -1.08. The zero-order valence-corrected chi connectivity index (χ0v) is 19.8. The largest absolute Gasteiger partial charge is 0.389 e. The first-order valence-corrected chi connectivity index (χ1v) is 12.8. The van der Waals surface area contributed by atoms with E-state index in [4.69, 9.17) is 10.5 Å². The lowest BCUT2D eigenvalue weighted by molar-refractivity contribution is -0.239. The number of ether oxygens (including phenoxy) is 1. The molecule has 0 unspecified atom stereocenters. The second-order valence-electron chi connectivity index (χ2n) is 11.7. The SMILES string of the molecule is C[C@]12CC[C@H](OCCCN)C[C@H]1CC[C@@H]1[C@@H]2CC[C@]2(C)[C@@](O)(c3ccnnc3)CC[C@]12O. The van der Waals surface area contributed by atoms with Crippen molar-refractivity contribution in [3.8, 4) is 0 Å². The summed E-state index contributed by atoms with van der Waals surface area (Å²) in [4.78, 5) is 0. The van der Waals surface area contributed by atoms with Gasteiger partial charge < -0.3 is 20.7 Å². The third kappa shape index (κ3) is 3.05. The lowest BCUT2D eigenvalue weighted by Gasteiger charge is -2.64. The lowest BCUT2D eigenvalue weighted by Crippen LogP contribution is -2.64. The van der Waals surface area contributed by atoms with Crippen molar-refractivity contribution in [3.63, 3.8) is 0 Å². The Balaban J connectivity index is 1.39. The van der Waals surface area contributed by atoms with Crippen LogP contribution >= 0.6 is 0 Å². The van der Waals surface area contributed by atoms with Crippen molar-refractivity contribution >= 4 is 0 Å². The molecule has 8 atom stereocenters. The highest BCUT2D eigenvalue weighted by atomic mass is 16.5. The molecule has 4 saturated carbocycles. The number of hydrogen-bond donors (Lipinski definition) is 3. The Morgan fingerprint density at radius 1 is 1.03 bits per heavy atom. The fourth-order valence-corrected chi connectivity index (χ4v) is 8.69. The first kappa shape index (κ1) is 22.7. The van der Waals surface area contributed by atoms with Crippen molar-refractivity contribution in [2.45, 2.75) is 95.4 Å². The highest BCUT2D eigenvalue weighted by Crippen LogP contribution is 2.71. The lowest BCUT2D eigenvalue weighted by atomic mass is 9.43. The van der Waals surface area contributed by atoms with E-state index < -0.39 is 16.6 Å². The third-order valence-electron chi connectivity index (χ3n) is 10.7. The fraction of sp³-hybridized carbons (Fsp3) is 0.846. The Bertz CT molecular complexity index is 824. The van der Waals surface area contributed by atoms with Crippen LogP contribution in [0.25, 0.3) is 0 Å². The van der Waals surface area contributed by atoms with Crippen LogP contribution in [-0.2, 0) is 10.3 Å². The van der Waals surface area contributed by atoms with E-state index in [0.717, 1.165) is 57.1 Å². The summed E-state index contributed by atoms with van der Waals surface area (Å²) in [6.45, 7) is 6.09. The van der Waals surface area contributed by atoms with E-state index in [9.17, 15) is 10.2 Å². The minimum atomic E-state index is -1.05. The molecule has 0 amide bonds. The summed E-state index contributed by atoms with van der Waals surface area (Å²) in [5.41, 5.74) is 4.26. The summed E-state index contributed by atoms with van der Waals surface area (Å²) in [7, 11) is 0. The van der Waals surface area contributed by atoms with E-state index in [2.05, 4.69) is 24.0 Å². The second-order valence-corrected chi connectivity index (χ2v) is 11.7. The van der Waals surface area contributed by atoms with Crippen molar-refractivity contribution < 1.29 is 14.9 Å². The predicted molar refractivity (Wildman–Crippen MR) is 123 cm³/mol. The molecule has 0 aromatic carbocycles. The minimum absolute atomic E-state index is 0.251. The quantitative estimate of drug-likeness (QED) is 0.602. The first-order chi connectivity index (χ1) is 15.3. The maximum Gasteiger partial charge on any atom is 0.0994 e. The van der Waals surface area contributed by atoms with Gasteiger partial charge in [0.25, 0.3) is 0 Å². The summed E-state index contributed by atoms with van der Waals surface area (Å²) >= 11 is 0. The van der Waals surface area contributed by atoms with Crippen molar-refractivity contribution in [2.75, 3.05) is 13.2 Å². The topological polar surface area (TPSA) is 101 Å². The van der Waals surface area contributed by atoms with Gasteiger partial charge in [0, 0.05) is 23.8 Å². The summed E-state index contributed by atoms with van der Waals surface area (Å²) in [5.74, 6) is 1.43. The van der Waals surface area contributed by atoms with Gasteiger partial charge in [0.1, 0.15) is 0 Å². The monoisotopic (exact) mass is 443 g/mol. The molecule has 0 saturated heterocycles. The highest BCUT2D eigenvalue weighted by molar-refractivity contribution is 5.30. The molecular weight excluding hydrogens is 402 g/mol. The third-order valence-corrected chi connectivity index (χ3v) is 10.7. The van der Waals surface area contributed by atoms with Gasteiger partial charge in [-0.25, -0.2) is 0 Å². The highest BCUT2D eigenvalue weighted by Gasteiger charge is 2.72. The average molecular weight is 444 g/mol. The number of hydrogen-bond acceptors (Lipinski definition) is 6. The first-order valence-electron chi connectivity index (χ1n) is 12.8. The van der Waals surface area contributed by atoms with Crippen molar-refractivity contribution in [3.05, 3.63) is 24.0 Å². The second kappa shape index (κ2) is 8.00. The molecule has 0 spiro atoms. The van der Waals surface area contributed by atoms with Gasteiger partial charge in [-0.15, -0.1) is 0 Å². The van der Waals surface area contributed by atoms with Crippen LogP contribution < -0.4 is 5.73 Å². The smallest absolute Gasteiger partial charge is 0.0994 e. The van der Waals surface area contributed by atoms with Crippen molar-refractivity contribution in [1.82, 2.24) is 10.2 Å². The maximum absolute atomic E-state index is 12.3. The Morgan fingerprint density at radius 2 is 1.88 bits per heavy atom. The number of aromatic nitrogens is 2. The average Bonchev–Trinajstić information content (AvgIpc) is 3.02. The van der Waals surface area contributed by atoms with Crippen LogP contribution in [-0.4, -0.2) is 45.3 Å². The Kier molecular flexibility index (Phi) is 5.68. The van der Waals surface area contributed by atoms with Crippen LogP contribution in [0.4, 0.5) is 0 Å².